The van der Waals surface area contributed by atoms with E-state index >= 15 is 0 Å². The van der Waals surface area contributed by atoms with E-state index in [4.69, 9.17) is 16.3 Å². The number of halogens is 2. The molecule has 0 bridgehead atoms. The molecule has 0 aliphatic heterocycles. The highest BCUT2D eigenvalue weighted by molar-refractivity contribution is 9.10. The van der Waals surface area contributed by atoms with E-state index in [1.807, 2.05) is 48.9 Å². The van der Waals surface area contributed by atoms with Crippen molar-refractivity contribution in [3.05, 3.63) is 69.4 Å². The van der Waals surface area contributed by atoms with Crippen LogP contribution in [0.25, 0.3) is 0 Å². The lowest BCUT2D eigenvalue weighted by molar-refractivity contribution is 0.211. The predicted octanol–water partition coefficient (Wildman–Crippen LogP) is 5.66. The zero-order valence-corrected chi connectivity index (χ0v) is 17.0. The molecule has 0 spiro atoms. The van der Waals surface area contributed by atoms with Crippen molar-refractivity contribution in [1.29, 1.82) is 0 Å². The summed E-state index contributed by atoms with van der Waals surface area (Å²) in [6, 6.07) is 15.6. The zero-order chi connectivity index (χ0) is 17.8. The second-order valence-corrected chi connectivity index (χ2v) is 7.83. The highest BCUT2D eigenvalue weighted by Gasteiger charge is 2.17. The SMILES string of the molecule is CC(Oc1cccc(Cl)c1)c1nnc(SCc2cccc(Br)c2)n1C. The molecular weight excluding hydrogens is 422 g/mol. The van der Waals surface area contributed by atoms with Gasteiger partial charge < -0.3 is 9.30 Å². The van der Waals surface area contributed by atoms with Gasteiger partial charge in [-0.1, -0.05) is 57.5 Å². The first-order chi connectivity index (χ1) is 12.0. The Bertz CT molecular complexity index is 871. The number of rotatable bonds is 6. The minimum absolute atomic E-state index is 0.226. The number of aromatic nitrogens is 3. The summed E-state index contributed by atoms with van der Waals surface area (Å²) in [5, 5.41) is 10.1. The third-order valence-corrected chi connectivity index (χ3v) is 5.42. The van der Waals surface area contributed by atoms with Crippen molar-refractivity contribution in [3.8, 4) is 5.75 Å². The third kappa shape index (κ3) is 4.77. The molecule has 0 aliphatic rings. The van der Waals surface area contributed by atoms with E-state index < -0.39 is 0 Å². The average molecular weight is 439 g/mol. The van der Waals surface area contributed by atoms with Crippen LogP contribution < -0.4 is 4.74 Å². The molecule has 0 N–H and O–H groups in total. The summed E-state index contributed by atoms with van der Waals surface area (Å²) in [5.74, 6) is 2.32. The topological polar surface area (TPSA) is 39.9 Å². The summed E-state index contributed by atoms with van der Waals surface area (Å²) >= 11 is 11.1. The van der Waals surface area contributed by atoms with E-state index in [1.54, 1.807) is 17.8 Å². The van der Waals surface area contributed by atoms with E-state index in [1.165, 1.54) is 5.56 Å². The van der Waals surface area contributed by atoms with Gasteiger partial charge in [-0.05, 0) is 42.8 Å². The van der Waals surface area contributed by atoms with Gasteiger partial charge >= 0.3 is 0 Å². The fraction of sp³-hybridized carbons (Fsp3) is 0.222. The number of hydrogen-bond donors (Lipinski definition) is 0. The van der Waals surface area contributed by atoms with Gasteiger partial charge in [0.2, 0.25) is 0 Å². The largest absolute Gasteiger partial charge is 0.483 e. The Kier molecular flexibility index (Phi) is 6.04. The van der Waals surface area contributed by atoms with Crippen LogP contribution in [0.3, 0.4) is 0 Å². The summed E-state index contributed by atoms with van der Waals surface area (Å²) in [5.41, 5.74) is 1.23. The molecule has 7 heteroatoms. The van der Waals surface area contributed by atoms with Crippen LogP contribution in [-0.4, -0.2) is 14.8 Å². The quantitative estimate of drug-likeness (QED) is 0.465. The van der Waals surface area contributed by atoms with Crippen molar-refractivity contribution in [3.63, 3.8) is 0 Å². The standard InChI is InChI=1S/C18H17BrClN3OS/c1-12(24-16-8-4-7-15(20)10-16)17-21-22-18(23(17)2)25-11-13-5-3-6-14(19)9-13/h3-10,12H,11H2,1-2H3. The van der Waals surface area contributed by atoms with Crippen LogP contribution in [0.2, 0.25) is 5.02 Å². The first kappa shape index (κ1) is 18.3. The summed E-state index contributed by atoms with van der Waals surface area (Å²) in [4.78, 5) is 0. The molecule has 1 unspecified atom stereocenters. The van der Waals surface area contributed by atoms with E-state index in [0.717, 1.165) is 21.2 Å². The molecule has 0 saturated heterocycles. The van der Waals surface area contributed by atoms with E-state index in [2.05, 4.69) is 38.3 Å². The maximum atomic E-state index is 6.00. The Hall–Kier alpha value is -1.50. The number of hydrogen-bond acceptors (Lipinski definition) is 4. The van der Waals surface area contributed by atoms with Gasteiger partial charge in [-0.25, -0.2) is 0 Å². The van der Waals surface area contributed by atoms with Crippen molar-refractivity contribution < 1.29 is 4.74 Å². The number of benzene rings is 2. The lowest BCUT2D eigenvalue weighted by atomic mass is 10.2. The molecular formula is C18H17BrClN3OS. The Morgan fingerprint density at radius 3 is 2.76 bits per heavy atom. The van der Waals surface area contributed by atoms with Gasteiger partial charge in [0.05, 0.1) is 0 Å². The molecule has 3 aromatic rings. The monoisotopic (exact) mass is 437 g/mol. The maximum absolute atomic E-state index is 6.00. The van der Waals surface area contributed by atoms with Gasteiger partial charge in [0.1, 0.15) is 5.75 Å². The number of thioether (sulfide) groups is 1. The van der Waals surface area contributed by atoms with Crippen molar-refractivity contribution in [2.75, 3.05) is 0 Å². The lowest BCUT2D eigenvalue weighted by Gasteiger charge is -2.14. The van der Waals surface area contributed by atoms with Gasteiger partial charge in [0.25, 0.3) is 0 Å². The molecule has 0 fully saturated rings. The van der Waals surface area contributed by atoms with Crippen LogP contribution in [0.1, 0.15) is 24.4 Å². The fourth-order valence-corrected chi connectivity index (χ4v) is 3.87. The average Bonchev–Trinajstić information content (AvgIpc) is 2.94. The molecule has 1 aromatic heterocycles. The van der Waals surface area contributed by atoms with Crippen LogP contribution in [0.4, 0.5) is 0 Å². The van der Waals surface area contributed by atoms with Crippen molar-refractivity contribution in [2.45, 2.75) is 23.9 Å². The Morgan fingerprint density at radius 2 is 2.00 bits per heavy atom. The number of nitrogens with zero attached hydrogens (tertiary/aromatic N) is 3. The van der Waals surface area contributed by atoms with Gasteiger partial charge in [-0.3, -0.25) is 0 Å². The minimum atomic E-state index is -0.226. The van der Waals surface area contributed by atoms with Crippen LogP contribution in [0.15, 0.2) is 58.2 Å². The van der Waals surface area contributed by atoms with Crippen molar-refractivity contribution in [2.24, 2.45) is 7.05 Å². The molecule has 4 nitrogen and oxygen atoms in total. The maximum Gasteiger partial charge on any atom is 0.191 e. The van der Waals surface area contributed by atoms with Crippen molar-refractivity contribution >= 4 is 39.3 Å². The minimum Gasteiger partial charge on any atom is -0.483 e. The van der Waals surface area contributed by atoms with E-state index in [9.17, 15) is 0 Å². The first-order valence-corrected chi connectivity index (χ1v) is 9.87. The Labute approximate surface area is 164 Å². The first-order valence-electron chi connectivity index (χ1n) is 7.71. The summed E-state index contributed by atoms with van der Waals surface area (Å²) in [6.07, 6.45) is -0.226. The molecule has 25 heavy (non-hydrogen) atoms. The smallest absolute Gasteiger partial charge is 0.191 e. The third-order valence-electron chi connectivity index (χ3n) is 3.60. The van der Waals surface area contributed by atoms with Gasteiger partial charge in [0.15, 0.2) is 17.1 Å². The van der Waals surface area contributed by atoms with Gasteiger partial charge in [0, 0.05) is 22.3 Å². The fourth-order valence-electron chi connectivity index (χ4n) is 2.38. The van der Waals surface area contributed by atoms with Crippen LogP contribution in [0, 0.1) is 0 Å². The Morgan fingerprint density at radius 1 is 1.20 bits per heavy atom. The highest BCUT2D eigenvalue weighted by Crippen LogP contribution is 2.27. The molecule has 130 valence electrons. The summed E-state index contributed by atoms with van der Waals surface area (Å²) in [7, 11) is 1.95. The second kappa shape index (κ2) is 8.25. The zero-order valence-electron chi connectivity index (χ0n) is 13.8. The Balaban J connectivity index is 1.67. The molecule has 0 radical (unpaired) electrons. The molecule has 2 aromatic carbocycles. The van der Waals surface area contributed by atoms with Crippen LogP contribution in [0.5, 0.6) is 5.75 Å². The molecule has 0 amide bonds. The van der Waals surface area contributed by atoms with Crippen molar-refractivity contribution in [1.82, 2.24) is 14.8 Å². The molecule has 0 saturated carbocycles. The lowest BCUT2D eigenvalue weighted by Crippen LogP contribution is -2.10. The second-order valence-electron chi connectivity index (χ2n) is 5.54. The van der Waals surface area contributed by atoms with Gasteiger partial charge in [-0.2, -0.15) is 0 Å². The normalized spacial score (nSPS) is 12.2. The summed E-state index contributed by atoms with van der Waals surface area (Å²) < 4.78 is 8.98. The van der Waals surface area contributed by atoms with Gasteiger partial charge in [-0.15, -0.1) is 10.2 Å². The molecule has 0 aliphatic carbocycles. The predicted molar refractivity (Wildman–Crippen MR) is 105 cm³/mol. The van der Waals surface area contributed by atoms with Crippen LogP contribution in [-0.2, 0) is 12.8 Å². The molecule has 3 rings (SSSR count). The van der Waals surface area contributed by atoms with E-state index in [-0.39, 0.29) is 6.10 Å². The number of ether oxygens (including phenoxy) is 1. The molecule has 1 atom stereocenters. The molecule has 1 heterocycles. The summed E-state index contributed by atoms with van der Waals surface area (Å²) in [6.45, 7) is 1.95. The highest BCUT2D eigenvalue weighted by atomic mass is 79.9. The van der Waals surface area contributed by atoms with E-state index in [0.29, 0.717) is 10.8 Å². The van der Waals surface area contributed by atoms with Crippen LogP contribution >= 0.6 is 39.3 Å².